The molecule has 0 bridgehead atoms. The number of fused-ring (bicyclic) bond motifs is 2. The fraction of sp³-hybridized carbons (Fsp3) is 0.143. The van der Waals surface area contributed by atoms with Crippen molar-refractivity contribution in [2.45, 2.75) is 13.8 Å². The largest absolute Gasteiger partial charge is 0.508 e. The average molecular weight is 364 g/mol. The number of esters is 1. The lowest BCUT2D eigenvalue weighted by atomic mass is 10.0. The van der Waals surface area contributed by atoms with Crippen molar-refractivity contribution in [3.05, 3.63) is 64.2 Å². The van der Waals surface area contributed by atoms with E-state index in [1.165, 1.54) is 24.5 Å². The van der Waals surface area contributed by atoms with Gasteiger partial charge in [-0.15, -0.1) is 0 Å². The third kappa shape index (κ3) is 2.75. The Kier molecular flexibility index (Phi) is 3.96. The van der Waals surface area contributed by atoms with Crippen LogP contribution in [0.25, 0.3) is 33.1 Å². The number of carbonyl (C=O) groups excluding carboxylic acids is 1. The number of hydrogen-bond donors (Lipinski definition) is 1. The fourth-order valence-corrected chi connectivity index (χ4v) is 3.10. The standard InChI is InChI=1S/C21H16O6/c1-3-25-21(24)20-11(2)15-8-12(4-7-17(15)27-20)16-10-26-18-9-13(22)5-6-14(18)19(16)23/h4-10,22H,3H2,1-2H3. The van der Waals surface area contributed by atoms with Crippen molar-refractivity contribution in [3.63, 3.8) is 0 Å². The predicted octanol–water partition coefficient (Wildman–Crippen LogP) is 4.40. The molecule has 0 spiro atoms. The van der Waals surface area contributed by atoms with Gasteiger partial charge in [0.15, 0.2) is 5.43 Å². The molecule has 0 aliphatic carbocycles. The highest BCUT2D eigenvalue weighted by molar-refractivity contribution is 5.97. The molecule has 2 aromatic carbocycles. The Balaban J connectivity index is 1.87. The molecule has 1 N–H and O–H groups in total. The van der Waals surface area contributed by atoms with Crippen LogP contribution in [0, 0.1) is 6.92 Å². The van der Waals surface area contributed by atoms with E-state index in [1.807, 2.05) is 0 Å². The number of hydrogen-bond acceptors (Lipinski definition) is 6. The second kappa shape index (κ2) is 6.32. The van der Waals surface area contributed by atoms with Gasteiger partial charge in [0.05, 0.1) is 17.6 Å². The SMILES string of the molecule is CCOC(=O)c1oc2ccc(-c3coc4cc(O)ccc4c3=O)cc2c1C. The van der Waals surface area contributed by atoms with Gasteiger partial charge in [-0.2, -0.15) is 0 Å². The first-order chi connectivity index (χ1) is 13.0. The highest BCUT2D eigenvalue weighted by atomic mass is 16.5. The van der Waals surface area contributed by atoms with E-state index in [9.17, 15) is 14.7 Å². The van der Waals surface area contributed by atoms with Gasteiger partial charge in [0.25, 0.3) is 0 Å². The minimum absolute atomic E-state index is 0.0281. The molecule has 27 heavy (non-hydrogen) atoms. The Morgan fingerprint density at radius 2 is 1.93 bits per heavy atom. The molecule has 2 aromatic heterocycles. The average Bonchev–Trinajstić information content (AvgIpc) is 2.98. The van der Waals surface area contributed by atoms with E-state index < -0.39 is 5.97 Å². The molecule has 2 heterocycles. The van der Waals surface area contributed by atoms with Crippen LogP contribution in [0.5, 0.6) is 5.75 Å². The van der Waals surface area contributed by atoms with Crippen molar-refractivity contribution in [3.8, 4) is 16.9 Å². The maximum atomic E-state index is 12.8. The van der Waals surface area contributed by atoms with Crippen molar-refractivity contribution in [1.82, 2.24) is 0 Å². The number of carbonyl (C=O) groups is 1. The van der Waals surface area contributed by atoms with Crippen LogP contribution >= 0.6 is 0 Å². The molecule has 0 aliphatic rings. The quantitative estimate of drug-likeness (QED) is 0.542. The van der Waals surface area contributed by atoms with Gasteiger partial charge in [-0.05, 0) is 43.7 Å². The summed E-state index contributed by atoms with van der Waals surface area (Å²) in [5, 5.41) is 10.6. The zero-order valence-electron chi connectivity index (χ0n) is 14.7. The number of aromatic hydroxyl groups is 1. The highest BCUT2D eigenvalue weighted by Crippen LogP contribution is 2.30. The molecule has 136 valence electrons. The number of aryl methyl sites for hydroxylation is 1. The smallest absolute Gasteiger partial charge is 0.374 e. The van der Waals surface area contributed by atoms with Crippen LogP contribution in [-0.2, 0) is 4.74 Å². The molecule has 0 unspecified atom stereocenters. The number of ether oxygens (including phenoxy) is 1. The van der Waals surface area contributed by atoms with E-state index >= 15 is 0 Å². The molecule has 6 nitrogen and oxygen atoms in total. The molecule has 0 atom stereocenters. The van der Waals surface area contributed by atoms with E-state index in [0.717, 1.165) is 5.39 Å². The van der Waals surface area contributed by atoms with Crippen molar-refractivity contribution in [1.29, 1.82) is 0 Å². The third-order valence-corrected chi connectivity index (χ3v) is 4.47. The van der Waals surface area contributed by atoms with E-state index in [4.69, 9.17) is 13.6 Å². The summed E-state index contributed by atoms with van der Waals surface area (Å²) >= 11 is 0. The van der Waals surface area contributed by atoms with Gasteiger partial charge in [-0.3, -0.25) is 4.79 Å². The molecule has 4 aromatic rings. The lowest BCUT2D eigenvalue weighted by Gasteiger charge is -2.03. The van der Waals surface area contributed by atoms with Crippen molar-refractivity contribution in [2.75, 3.05) is 6.61 Å². The highest BCUT2D eigenvalue weighted by Gasteiger charge is 2.19. The summed E-state index contributed by atoms with van der Waals surface area (Å²) in [6, 6.07) is 9.60. The van der Waals surface area contributed by atoms with Crippen LogP contribution in [0.15, 0.2) is 56.3 Å². The Labute approximate surface area is 153 Å². The third-order valence-electron chi connectivity index (χ3n) is 4.47. The van der Waals surface area contributed by atoms with Gasteiger partial charge >= 0.3 is 5.97 Å². The summed E-state index contributed by atoms with van der Waals surface area (Å²) in [6.07, 6.45) is 1.37. The Morgan fingerprint density at radius 3 is 2.70 bits per heavy atom. The maximum absolute atomic E-state index is 12.8. The maximum Gasteiger partial charge on any atom is 0.374 e. The molecule has 0 aliphatic heterocycles. The number of phenolic OH excluding ortho intramolecular Hbond substituents is 1. The van der Waals surface area contributed by atoms with Crippen LogP contribution in [0.4, 0.5) is 0 Å². The lowest BCUT2D eigenvalue weighted by molar-refractivity contribution is 0.0491. The first-order valence-corrected chi connectivity index (χ1v) is 8.44. The second-order valence-corrected chi connectivity index (χ2v) is 6.15. The number of phenols is 1. The molecule has 6 heteroatoms. The van der Waals surface area contributed by atoms with E-state index in [2.05, 4.69) is 0 Å². The summed E-state index contributed by atoms with van der Waals surface area (Å²) < 4.78 is 16.1. The monoisotopic (exact) mass is 364 g/mol. The van der Waals surface area contributed by atoms with Crippen molar-refractivity contribution >= 4 is 27.9 Å². The Bertz CT molecular complexity index is 1240. The fourth-order valence-electron chi connectivity index (χ4n) is 3.10. The number of benzene rings is 2. The van der Waals surface area contributed by atoms with Gasteiger partial charge in [-0.25, -0.2) is 4.79 Å². The molecular formula is C21H16O6. The molecular weight excluding hydrogens is 348 g/mol. The zero-order chi connectivity index (χ0) is 19.1. The van der Waals surface area contributed by atoms with E-state index in [0.29, 0.717) is 33.2 Å². The van der Waals surface area contributed by atoms with E-state index in [-0.39, 0.29) is 23.5 Å². The predicted molar refractivity (Wildman–Crippen MR) is 100 cm³/mol. The summed E-state index contributed by atoms with van der Waals surface area (Å²) in [7, 11) is 0. The summed E-state index contributed by atoms with van der Waals surface area (Å²) in [5.41, 5.74) is 2.32. The molecule has 4 rings (SSSR count). The molecule has 0 saturated heterocycles. The number of rotatable bonds is 3. The van der Waals surface area contributed by atoms with Gasteiger partial charge in [0.2, 0.25) is 5.76 Å². The lowest BCUT2D eigenvalue weighted by Crippen LogP contribution is -2.04. The minimum Gasteiger partial charge on any atom is -0.508 e. The van der Waals surface area contributed by atoms with Gasteiger partial charge < -0.3 is 18.7 Å². The van der Waals surface area contributed by atoms with Crippen LogP contribution in [0.3, 0.4) is 0 Å². The van der Waals surface area contributed by atoms with Crippen LogP contribution in [0.2, 0.25) is 0 Å². The molecule has 0 fully saturated rings. The van der Waals surface area contributed by atoms with Crippen molar-refractivity contribution < 1.29 is 23.5 Å². The first kappa shape index (κ1) is 16.9. The van der Waals surface area contributed by atoms with Crippen LogP contribution in [-0.4, -0.2) is 17.7 Å². The molecule has 0 amide bonds. The minimum atomic E-state index is -0.516. The Morgan fingerprint density at radius 1 is 1.11 bits per heavy atom. The zero-order valence-corrected chi connectivity index (χ0v) is 14.7. The topological polar surface area (TPSA) is 89.9 Å². The van der Waals surface area contributed by atoms with Gasteiger partial charge in [0, 0.05) is 17.0 Å². The summed E-state index contributed by atoms with van der Waals surface area (Å²) in [6.45, 7) is 3.76. The normalized spacial score (nSPS) is 11.2. The first-order valence-electron chi connectivity index (χ1n) is 8.44. The van der Waals surface area contributed by atoms with Gasteiger partial charge in [0.1, 0.15) is 23.2 Å². The second-order valence-electron chi connectivity index (χ2n) is 6.15. The summed E-state index contributed by atoms with van der Waals surface area (Å²) in [4.78, 5) is 24.8. The molecule has 0 saturated carbocycles. The van der Waals surface area contributed by atoms with E-state index in [1.54, 1.807) is 32.0 Å². The van der Waals surface area contributed by atoms with Crippen LogP contribution in [0.1, 0.15) is 23.0 Å². The van der Waals surface area contributed by atoms with Gasteiger partial charge in [-0.1, -0.05) is 6.07 Å². The Hall–Kier alpha value is -3.54. The molecule has 0 radical (unpaired) electrons. The van der Waals surface area contributed by atoms with Crippen LogP contribution < -0.4 is 5.43 Å². The summed E-state index contributed by atoms with van der Waals surface area (Å²) in [5.74, 6) is -0.330. The number of furan rings is 1. The van der Waals surface area contributed by atoms with Crippen molar-refractivity contribution in [2.24, 2.45) is 0 Å².